The average molecular weight is 340 g/mol. The summed E-state index contributed by atoms with van der Waals surface area (Å²) in [4.78, 5) is 0. The van der Waals surface area contributed by atoms with Gasteiger partial charge in [0, 0.05) is 18.7 Å². The van der Waals surface area contributed by atoms with Crippen molar-refractivity contribution in [1.29, 1.82) is 0 Å². The summed E-state index contributed by atoms with van der Waals surface area (Å²) in [6.45, 7) is 18.5. The molecule has 0 aliphatic heterocycles. The highest BCUT2D eigenvalue weighted by atomic mass is 14.8. The number of hydrogen-bond acceptors (Lipinski definition) is 1. The minimum Gasteiger partial charge on any atom is -0.387 e. The van der Waals surface area contributed by atoms with E-state index in [9.17, 15) is 0 Å². The topological polar surface area (TPSA) is 12.0 Å². The molecule has 0 amide bonds. The van der Waals surface area contributed by atoms with Crippen molar-refractivity contribution >= 4 is 18.8 Å². The molecule has 0 bridgehead atoms. The lowest BCUT2D eigenvalue weighted by Gasteiger charge is -2.23. The number of nitrogens with one attached hydrogen (secondary N) is 1. The van der Waals surface area contributed by atoms with E-state index >= 15 is 0 Å². The van der Waals surface area contributed by atoms with Gasteiger partial charge >= 0.3 is 0 Å². The Kier molecular flexibility index (Phi) is 9.34. The van der Waals surface area contributed by atoms with Crippen molar-refractivity contribution in [2.75, 3.05) is 12.4 Å². The molecule has 1 unspecified atom stereocenters. The number of anilines is 1. The van der Waals surface area contributed by atoms with E-state index in [1.54, 1.807) is 6.08 Å². The zero-order chi connectivity index (χ0) is 18.8. The molecule has 0 heterocycles. The molecule has 1 nitrogen and oxygen atoms in total. The van der Waals surface area contributed by atoms with Crippen molar-refractivity contribution in [3.63, 3.8) is 0 Å². The zero-order valence-electron chi connectivity index (χ0n) is 16.9. The molecule has 1 N–H and O–H groups in total. The maximum absolute atomic E-state index is 4.40. The van der Waals surface area contributed by atoms with Crippen LogP contribution in [0.3, 0.4) is 0 Å². The summed E-state index contributed by atoms with van der Waals surface area (Å²) in [5.41, 5.74) is 5.46. The first-order chi connectivity index (χ1) is 12.0. The fourth-order valence-electron chi connectivity index (χ4n) is 3.68. The summed E-state index contributed by atoms with van der Waals surface area (Å²) in [5.74, 6) is 0.513. The van der Waals surface area contributed by atoms with E-state index in [1.807, 2.05) is 14.0 Å². The molecule has 1 aromatic rings. The molecule has 25 heavy (non-hydrogen) atoms. The predicted octanol–water partition coefficient (Wildman–Crippen LogP) is 5.69. The third kappa shape index (κ3) is 5.92. The molecule has 2 rings (SSSR count). The SMILES string of the molecule is C=CC.C=c1cc(C2C=C(C)CCC2)c(=C)c(NC)c1CCCCC. The van der Waals surface area contributed by atoms with Crippen LogP contribution in [0.5, 0.6) is 0 Å². The van der Waals surface area contributed by atoms with Gasteiger partial charge in [0.15, 0.2) is 0 Å². The molecule has 0 saturated carbocycles. The fraction of sp³-hybridized carbons (Fsp3) is 0.500. The average Bonchev–Trinajstić information content (AvgIpc) is 2.58. The van der Waals surface area contributed by atoms with E-state index in [2.05, 4.69) is 51.0 Å². The van der Waals surface area contributed by atoms with Crippen LogP contribution < -0.4 is 15.8 Å². The second kappa shape index (κ2) is 11.0. The standard InChI is InChI=1S/C21H31N.C3H6/c1-6-7-8-12-19-16(3)14-20(17(4)21(19)22-5)18-11-9-10-15(2)13-18;1-3-2/h13-14,18,22H,3-4,6-12H2,1-2,5H3;3H,1H2,2H3. The van der Waals surface area contributed by atoms with E-state index in [0.717, 1.165) is 6.42 Å². The van der Waals surface area contributed by atoms with E-state index in [1.165, 1.54) is 71.3 Å². The van der Waals surface area contributed by atoms with Crippen LogP contribution in [-0.2, 0) is 6.42 Å². The summed E-state index contributed by atoms with van der Waals surface area (Å²) in [7, 11) is 2.01. The quantitative estimate of drug-likeness (QED) is 0.519. The summed E-state index contributed by atoms with van der Waals surface area (Å²) in [5, 5.41) is 5.76. The fourth-order valence-corrected chi connectivity index (χ4v) is 3.68. The molecule has 1 aliphatic rings. The number of allylic oxidation sites excluding steroid dienone is 3. The Bertz CT molecular complexity index is 681. The number of unbranched alkanes of at least 4 members (excludes halogenated alkanes) is 2. The Morgan fingerprint density at radius 3 is 2.52 bits per heavy atom. The Morgan fingerprint density at radius 2 is 1.96 bits per heavy atom. The van der Waals surface area contributed by atoms with Crippen LogP contribution in [0.2, 0.25) is 0 Å². The number of hydrogen-bond donors (Lipinski definition) is 1. The van der Waals surface area contributed by atoms with Gasteiger partial charge in [0.05, 0.1) is 0 Å². The van der Waals surface area contributed by atoms with Gasteiger partial charge in [-0.1, -0.05) is 56.7 Å². The largest absolute Gasteiger partial charge is 0.387 e. The molecule has 138 valence electrons. The van der Waals surface area contributed by atoms with Crippen LogP contribution in [0.1, 0.15) is 76.3 Å². The van der Waals surface area contributed by atoms with E-state index in [-0.39, 0.29) is 0 Å². The minimum absolute atomic E-state index is 0.513. The van der Waals surface area contributed by atoms with Crippen molar-refractivity contribution in [2.45, 2.75) is 71.6 Å². The Balaban J connectivity index is 0.000000970. The summed E-state index contributed by atoms with van der Waals surface area (Å²) < 4.78 is 0. The van der Waals surface area contributed by atoms with Crippen LogP contribution >= 0.6 is 0 Å². The second-order valence-corrected chi connectivity index (χ2v) is 7.08. The monoisotopic (exact) mass is 339 g/mol. The van der Waals surface area contributed by atoms with Gasteiger partial charge in [0.1, 0.15) is 0 Å². The lowest BCUT2D eigenvalue weighted by molar-refractivity contribution is 0.630. The van der Waals surface area contributed by atoms with Crippen LogP contribution in [0.4, 0.5) is 5.69 Å². The van der Waals surface area contributed by atoms with Gasteiger partial charge < -0.3 is 5.32 Å². The number of rotatable bonds is 6. The normalized spacial score (nSPS) is 16.5. The maximum Gasteiger partial charge on any atom is 0.0446 e. The van der Waals surface area contributed by atoms with Crippen LogP contribution in [-0.4, -0.2) is 7.05 Å². The molecule has 1 aliphatic carbocycles. The third-order valence-electron chi connectivity index (χ3n) is 4.92. The Labute approximate surface area is 155 Å². The van der Waals surface area contributed by atoms with Crippen LogP contribution in [0.25, 0.3) is 13.2 Å². The van der Waals surface area contributed by atoms with Gasteiger partial charge in [0.25, 0.3) is 0 Å². The molecular formula is C24H37N. The molecule has 1 atom stereocenters. The molecule has 1 heteroatoms. The van der Waals surface area contributed by atoms with Gasteiger partial charge in [0.2, 0.25) is 0 Å². The molecule has 0 radical (unpaired) electrons. The van der Waals surface area contributed by atoms with Crippen molar-refractivity contribution in [3.05, 3.63) is 51.9 Å². The molecular weight excluding hydrogens is 302 g/mol. The van der Waals surface area contributed by atoms with E-state index < -0.39 is 0 Å². The Morgan fingerprint density at radius 1 is 1.28 bits per heavy atom. The van der Waals surface area contributed by atoms with Gasteiger partial charge in [-0.05, 0) is 67.5 Å². The highest BCUT2D eigenvalue weighted by molar-refractivity contribution is 5.57. The first-order valence-corrected chi connectivity index (χ1v) is 9.75. The predicted molar refractivity (Wildman–Crippen MR) is 116 cm³/mol. The van der Waals surface area contributed by atoms with Crippen LogP contribution in [0.15, 0.2) is 30.4 Å². The first-order valence-electron chi connectivity index (χ1n) is 9.75. The van der Waals surface area contributed by atoms with Gasteiger partial charge in [-0.15, -0.1) is 6.58 Å². The summed E-state index contributed by atoms with van der Waals surface area (Å²) in [6, 6.07) is 2.30. The summed E-state index contributed by atoms with van der Waals surface area (Å²) >= 11 is 0. The first kappa shape index (κ1) is 21.3. The van der Waals surface area contributed by atoms with Crippen LogP contribution in [0, 0.1) is 0 Å². The molecule has 0 spiro atoms. The molecule has 1 aromatic carbocycles. The van der Waals surface area contributed by atoms with Crippen molar-refractivity contribution < 1.29 is 0 Å². The molecule has 0 aromatic heterocycles. The molecule has 0 fully saturated rings. The highest BCUT2D eigenvalue weighted by Gasteiger charge is 2.17. The third-order valence-corrected chi connectivity index (χ3v) is 4.92. The minimum atomic E-state index is 0.513. The highest BCUT2D eigenvalue weighted by Crippen LogP contribution is 2.29. The number of benzene rings is 1. The Hall–Kier alpha value is -1.76. The second-order valence-electron chi connectivity index (χ2n) is 7.08. The lowest BCUT2D eigenvalue weighted by atomic mass is 9.84. The van der Waals surface area contributed by atoms with Gasteiger partial charge in [-0.25, -0.2) is 0 Å². The van der Waals surface area contributed by atoms with E-state index in [0.29, 0.717) is 5.92 Å². The van der Waals surface area contributed by atoms with E-state index in [4.69, 9.17) is 0 Å². The zero-order valence-corrected chi connectivity index (χ0v) is 16.9. The summed E-state index contributed by atoms with van der Waals surface area (Å²) in [6.07, 6.45) is 12.8. The van der Waals surface area contributed by atoms with Crippen molar-refractivity contribution in [3.8, 4) is 0 Å². The van der Waals surface area contributed by atoms with Gasteiger partial charge in [-0.3, -0.25) is 0 Å². The maximum atomic E-state index is 4.40. The lowest BCUT2D eigenvalue weighted by Crippen LogP contribution is -2.25. The van der Waals surface area contributed by atoms with Crippen molar-refractivity contribution in [1.82, 2.24) is 0 Å². The smallest absolute Gasteiger partial charge is 0.0446 e. The van der Waals surface area contributed by atoms with Crippen molar-refractivity contribution in [2.24, 2.45) is 0 Å². The molecule has 0 saturated heterocycles. The van der Waals surface area contributed by atoms with Gasteiger partial charge in [-0.2, -0.15) is 0 Å².